The second kappa shape index (κ2) is 9.98. The molecular weight excluding hydrogens is 434 g/mol. The summed E-state index contributed by atoms with van der Waals surface area (Å²) < 4.78 is 87.3. The van der Waals surface area contributed by atoms with Crippen LogP contribution in [0, 0.1) is 11.7 Å². The summed E-state index contributed by atoms with van der Waals surface area (Å²) in [6.07, 6.45) is -2.64. The Bertz CT molecular complexity index is 900. The van der Waals surface area contributed by atoms with Crippen LogP contribution in [0.15, 0.2) is 55.1 Å². The lowest BCUT2D eigenvalue weighted by molar-refractivity contribution is -0.275. The topological polar surface area (TPSA) is 18.5 Å². The molecule has 1 aliphatic rings. The smallest absolute Gasteiger partial charge is 0.403 e. The second-order valence-electron chi connectivity index (χ2n) is 7.90. The molecular formula is C24H24F6O2. The van der Waals surface area contributed by atoms with Crippen molar-refractivity contribution in [2.24, 2.45) is 5.92 Å². The Morgan fingerprint density at radius 3 is 2.16 bits per heavy atom. The highest BCUT2D eigenvalue weighted by atomic mass is 19.4. The molecule has 0 heterocycles. The van der Waals surface area contributed by atoms with Gasteiger partial charge in [-0.25, -0.2) is 4.39 Å². The van der Waals surface area contributed by atoms with Gasteiger partial charge in [0.25, 0.3) is 0 Å². The van der Waals surface area contributed by atoms with Crippen LogP contribution in [-0.2, 0) is 17.3 Å². The first-order chi connectivity index (χ1) is 15.1. The largest absolute Gasteiger partial charge is 0.573 e. The number of hydrogen-bond donors (Lipinski definition) is 0. The van der Waals surface area contributed by atoms with Crippen molar-refractivity contribution in [3.63, 3.8) is 0 Å². The number of benzene rings is 2. The summed E-state index contributed by atoms with van der Waals surface area (Å²) in [6, 6.07) is 8.85. The molecule has 1 fully saturated rings. The molecule has 0 unspecified atom stereocenters. The molecule has 0 radical (unpaired) electrons. The van der Waals surface area contributed by atoms with E-state index in [0.29, 0.717) is 11.8 Å². The normalized spacial score (nSPS) is 19.6. The summed E-state index contributed by atoms with van der Waals surface area (Å²) in [6.45, 7) is 3.38. The number of alkyl halides is 5. The highest BCUT2D eigenvalue weighted by Gasteiger charge is 2.34. The van der Waals surface area contributed by atoms with Gasteiger partial charge in [0, 0.05) is 0 Å². The number of ether oxygens (including phenoxy) is 2. The van der Waals surface area contributed by atoms with Gasteiger partial charge in [-0.1, -0.05) is 36.4 Å². The molecule has 0 aromatic heterocycles. The van der Waals surface area contributed by atoms with Gasteiger partial charge in [-0.05, 0) is 67.2 Å². The first-order valence-corrected chi connectivity index (χ1v) is 10.4. The summed E-state index contributed by atoms with van der Waals surface area (Å²) in [4.78, 5) is 0. The molecule has 1 aliphatic carbocycles. The average molecular weight is 458 g/mol. The zero-order chi connectivity index (χ0) is 23.4. The molecule has 0 saturated heterocycles. The first kappa shape index (κ1) is 24.2. The molecule has 8 heteroatoms. The molecule has 0 spiro atoms. The summed E-state index contributed by atoms with van der Waals surface area (Å²) >= 11 is 0. The zero-order valence-electron chi connectivity index (χ0n) is 17.3. The van der Waals surface area contributed by atoms with Crippen LogP contribution in [0.3, 0.4) is 0 Å². The van der Waals surface area contributed by atoms with Crippen molar-refractivity contribution >= 4 is 0 Å². The van der Waals surface area contributed by atoms with Gasteiger partial charge in [-0.2, -0.15) is 8.78 Å². The maximum Gasteiger partial charge on any atom is 0.573 e. The summed E-state index contributed by atoms with van der Waals surface area (Å²) in [5.74, 6) is -1.35. The fourth-order valence-electron chi connectivity index (χ4n) is 3.93. The van der Waals surface area contributed by atoms with Crippen LogP contribution in [-0.4, -0.2) is 13.0 Å². The van der Waals surface area contributed by atoms with E-state index in [-0.39, 0.29) is 17.5 Å². The first-order valence-electron chi connectivity index (χ1n) is 10.4. The average Bonchev–Trinajstić information content (AvgIpc) is 2.75. The molecule has 0 atom stereocenters. The standard InChI is InChI=1S/C24H24F6O2/c1-2-16-3-6-18(7-4-16)19-8-10-20(11-9-19)23(26,27)31-14-13-17-5-12-22(21(25)15-17)32-24(28,29)30/h2,5,8-12,15-16,18H,1,3-4,6-7,13-14H2. The molecule has 2 aromatic carbocycles. The quantitative estimate of drug-likeness (QED) is 0.301. The molecule has 3 rings (SSSR count). The lowest BCUT2D eigenvalue weighted by Crippen LogP contribution is -2.20. The van der Waals surface area contributed by atoms with Crippen LogP contribution >= 0.6 is 0 Å². The minimum Gasteiger partial charge on any atom is -0.403 e. The summed E-state index contributed by atoms with van der Waals surface area (Å²) in [5.41, 5.74) is 0.933. The van der Waals surface area contributed by atoms with Crippen LogP contribution < -0.4 is 4.74 Å². The van der Waals surface area contributed by atoms with Crippen molar-refractivity contribution in [1.29, 1.82) is 0 Å². The van der Waals surface area contributed by atoms with Crippen molar-refractivity contribution in [3.8, 4) is 5.75 Å². The fourth-order valence-corrected chi connectivity index (χ4v) is 3.93. The van der Waals surface area contributed by atoms with E-state index in [1.54, 1.807) is 12.1 Å². The van der Waals surface area contributed by atoms with Crippen LogP contribution in [0.5, 0.6) is 5.75 Å². The van der Waals surface area contributed by atoms with E-state index in [9.17, 15) is 26.3 Å². The van der Waals surface area contributed by atoms with E-state index < -0.39 is 30.6 Å². The summed E-state index contributed by atoms with van der Waals surface area (Å²) in [7, 11) is 0. The van der Waals surface area contributed by atoms with E-state index in [0.717, 1.165) is 43.4 Å². The van der Waals surface area contributed by atoms with E-state index in [4.69, 9.17) is 4.74 Å². The maximum absolute atomic E-state index is 14.4. The predicted molar refractivity (Wildman–Crippen MR) is 108 cm³/mol. The second-order valence-corrected chi connectivity index (χ2v) is 7.90. The van der Waals surface area contributed by atoms with E-state index in [2.05, 4.69) is 11.3 Å². The molecule has 174 valence electrons. The van der Waals surface area contributed by atoms with Gasteiger partial charge in [-0.3, -0.25) is 0 Å². The number of allylic oxidation sites excluding steroid dienone is 1. The summed E-state index contributed by atoms with van der Waals surface area (Å²) in [5, 5.41) is 0. The van der Waals surface area contributed by atoms with Crippen LogP contribution in [0.1, 0.15) is 48.3 Å². The molecule has 1 saturated carbocycles. The van der Waals surface area contributed by atoms with Crippen molar-refractivity contribution in [2.45, 2.75) is 50.5 Å². The van der Waals surface area contributed by atoms with Crippen molar-refractivity contribution in [3.05, 3.63) is 77.6 Å². The maximum atomic E-state index is 14.4. The molecule has 0 aliphatic heterocycles. The van der Waals surface area contributed by atoms with Crippen molar-refractivity contribution in [2.75, 3.05) is 6.61 Å². The Kier molecular flexibility index (Phi) is 7.54. The van der Waals surface area contributed by atoms with Crippen molar-refractivity contribution in [1.82, 2.24) is 0 Å². The minimum absolute atomic E-state index is 0.108. The van der Waals surface area contributed by atoms with E-state index >= 15 is 0 Å². The predicted octanol–water partition coefficient (Wildman–Crippen LogP) is 7.49. The molecule has 32 heavy (non-hydrogen) atoms. The Labute approximate surface area is 182 Å². The Morgan fingerprint density at radius 1 is 0.938 bits per heavy atom. The van der Waals surface area contributed by atoms with E-state index in [1.807, 2.05) is 6.08 Å². The molecule has 0 N–H and O–H groups in total. The van der Waals surface area contributed by atoms with Gasteiger partial charge < -0.3 is 9.47 Å². The molecule has 0 bridgehead atoms. The third kappa shape index (κ3) is 6.51. The third-order valence-corrected chi connectivity index (χ3v) is 5.72. The Balaban J connectivity index is 1.54. The van der Waals surface area contributed by atoms with Gasteiger partial charge in [0.2, 0.25) is 0 Å². The number of rotatable bonds is 8. The van der Waals surface area contributed by atoms with Gasteiger partial charge in [0.15, 0.2) is 11.6 Å². The van der Waals surface area contributed by atoms with Crippen LogP contribution in [0.4, 0.5) is 26.3 Å². The number of hydrogen-bond acceptors (Lipinski definition) is 2. The van der Waals surface area contributed by atoms with Crippen molar-refractivity contribution < 1.29 is 35.8 Å². The van der Waals surface area contributed by atoms with E-state index in [1.165, 1.54) is 18.2 Å². The molecule has 2 aromatic rings. The van der Waals surface area contributed by atoms with Crippen LogP contribution in [0.2, 0.25) is 0 Å². The molecule has 0 amide bonds. The number of halogens is 6. The van der Waals surface area contributed by atoms with Gasteiger partial charge in [0.1, 0.15) is 0 Å². The minimum atomic E-state index is -5.02. The Hall–Kier alpha value is -2.48. The lowest BCUT2D eigenvalue weighted by Gasteiger charge is -2.27. The SMILES string of the molecule is C=CC1CCC(c2ccc(C(F)(F)OCCc3ccc(OC(F)(F)F)c(F)c3)cc2)CC1. The lowest BCUT2D eigenvalue weighted by atomic mass is 9.79. The fraction of sp³-hybridized carbons (Fsp3) is 0.417. The Morgan fingerprint density at radius 2 is 1.59 bits per heavy atom. The highest BCUT2D eigenvalue weighted by Crippen LogP contribution is 2.37. The highest BCUT2D eigenvalue weighted by molar-refractivity contribution is 5.30. The van der Waals surface area contributed by atoms with Gasteiger partial charge in [0.05, 0.1) is 12.2 Å². The monoisotopic (exact) mass is 458 g/mol. The zero-order valence-corrected chi connectivity index (χ0v) is 17.3. The van der Waals surface area contributed by atoms with Gasteiger partial charge in [-0.15, -0.1) is 19.8 Å². The third-order valence-electron chi connectivity index (χ3n) is 5.72. The van der Waals surface area contributed by atoms with Gasteiger partial charge >= 0.3 is 12.5 Å². The molecule has 2 nitrogen and oxygen atoms in total. The van der Waals surface area contributed by atoms with Crippen LogP contribution in [0.25, 0.3) is 0 Å².